The van der Waals surface area contributed by atoms with Crippen LogP contribution in [0.4, 0.5) is 0 Å². The number of carbonyl (C=O) groups excluding carboxylic acids is 1. The highest BCUT2D eigenvalue weighted by molar-refractivity contribution is 5.82. The molecule has 2 N–H and O–H groups in total. The van der Waals surface area contributed by atoms with Gasteiger partial charge in [0.05, 0.1) is 23.7 Å². The first-order valence-corrected chi connectivity index (χ1v) is 10.4. The first-order chi connectivity index (χ1) is 14.7. The summed E-state index contributed by atoms with van der Waals surface area (Å²) < 4.78 is 0. The fourth-order valence-electron chi connectivity index (χ4n) is 4.33. The van der Waals surface area contributed by atoms with Gasteiger partial charge in [0.25, 0.3) is 0 Å². The van der Waals surface area contributed by atoms with Crippen molar-refractivity contribution in [2.45, 2.75) is 37.4 Å². The smallest absolute Gasteiger partial charge is 0.239 e. The van der Waals surface area contributed by atoms with Crippen molar-refractivity contribution in [2.24, 2.45) is 0 Å². The number of benzene rings is 2. The van der Waals surface area contributed by atoms with E-state index in [0.717, 1.165) is 29.8 Å². The molecule has 2 aromatic rings. The van der Waals surface area contributed by atoms with Gasteiger partial charge in [-0.15, -0.1) is 0 Å². The van der Waals surface area contributed by atoms with E-state index in [1.54, 1.807) is 12.1 Å². The lowest BCUT2D eigenvalue weighted by Gasteiger charge is -2.35. The third-order valence-electron chi connectivity index (χ3n) is 6.05. The standard InChI is InChI=1S/C24H25N5O/c25-13-18-5-9-20(10-6-18)19-7-3-17(4-8-19)12-21(14-26)28-24(30)23-16-29-11-1-2-22(29)15-27-23/h3-10,21-23,27H,1-2,11-12,15-16H2,(H,28,30)/t21-,22-,23+/m0/s1. The van der Waals surface area contributed by atoms with Crippen LogP contribution < -0.4 is 10.6 Å². The molecule has 1 amide bonds. The monoisotopic (exact) mass is 399 g/mol. The molecule has 0 aromatic heterocycles. The average Bonchev–Trinajstić information content (AvgIpc) is 3.27. The number of nitrogens with one attached hydrogen (secondary N) is 2. The number of hydrogen-bond donors (Lipinski definition) is 2. The number of nitriles is 2. The second kappa shape index (κ2) is 9.09. The van der Waals surface area contributed by atoms with Gasteiger partial charge in [-0.05, 0) is 48.2 Å². The molecule has 0 bridgehead atoms. The normalized spacial score (nSPS) is 21.8. The predicted molar refractivity (Wildman–Crippen MR) is 114 cm³/mol. The van der Waals surface area contributed by atoms with Crippen molar-refractivity contribution in [3.05, 3.63) is 59.7 Å². The quantitative estimate of drug-likeness (QED) is 0.804. The van der Waals surface area contributed by atoms with Crippen LogP contribution in [0.3, 0.4) is 0 Å². The lowest BCUT2D eigenvalue weighted by atomic mass is 10.00. The number of fused-ring (bicyclic) bond motifs is 1. The van der Waals surface area contributed by atoms with E-state index in [1.807, 2.05) is 36.4 Å². The topological polar surface area (TPSA) is 92.0 Å². The van der Waals surface area contributed by atoms with Gasteiger partial charge in [-0.25, -0.2) is 0 Å². The highest BCUT2D eigenvalue weighted by atomic mass is 16.2. The van der Waals surface area contributed by atoms with Crippen LogP contribution in [0.5, 0.6) is 0 Å². The first kappa shape index (κ1) is 20.1. The molecule has 3 atom stereocenters. The minimum Gasteiger partial charge on any atom is -0.339 e. The minimum atomic E-state index is -0.559. The van der Waals surface area contributed by atoms with Gasteiger partial charge in [0.1, 0.15) is 6.04 Å². The van der Waals surface area contributed by atoms with Crippen molar-refractivity contribution in [3.8, 4) is 23.3 Å². The molecule has 2 saturated heterocycles. The Morgan fingerprint density at radius 2 is 1.83 bits per heavy atom. The molecule has 6 nitrogen and oxygen atoms in total. The maximum atomic E-state index is 12.7. The molecular formula is C24H25N5O. The predicted octanol–water partition coefficient (Wildman–Crippen LogP) is 2.21. The highest BCUT2D eigenvalue weighted by Crippen LogP contribution is 2.21. The molecule has 2 aliphatic heterocycles. The van der Waals surface area contributed by atoms with E-state index in [9.17, 15) is 10.1 Å². The number of carbonyl (C=O) groups is 1. The zero-order chi connectivity index (χ0) is 20.9. The minimum absolute atomic E-state index is 0.0962. The highest BCUT2D eigenvalue weighted by Gasteiger charge is 2.34. The lowest BCUT2D eigenvalue weighted by Crippen LogP contribution is -2.60. The van der Waals surface area contributed by atoms with Gasteiger partial charge in [0.15, 0.2) is 0 Å². The molecule has 0 radical (unpaired) electrons. The Morgan fingerprint density at radius 3 is 2.50 bits per heavy atom. The fourth-order valence-corrected chi connectivity index (χ4v) is 4.33. The van der Waals surface area contributed by atoms with Crippen LogP contribution >= 0.6 is 0 Å². The van der Waals surface area contributed by atoms with Gasteiger partial charge in [-0.2, -0.15) is 10.5 Å². The number of amides is 1. The number of nitrogens with zero attached hydrogens (tertiary/aromatic N) is 3. The summed E-state index contributed by atoms with van der Waals surface area (Å²) in [5.74, 6) is -0.0962. The number of rotatable bonds is 5. The second-order valence-corrected chi connectivity index (χ2v) is 8.03. The van der Waals surface area contributed by atoms with Crippen molar-refractivity contribution >= 4 is 5.91 Å². The van der Waals surface area contributed by atoms with Crippen LogP contribution in [0.15, 0.2) is 48.5 Å². The molecule has 0 unspecified atom stereocenters. The van der Waals surface area contributed by atoms with Crippen molar-refractivity contribution < 1.29 is 4.79 Å². The van der Waals surface area contributed by atoms with E-state index in [4.69, 9.17) is 5.26 Å². The Kier molecular flexibility index (Phi) is 6.09. The molecule has 2 aromatic carbocycles. The molecule has 0 saturated carbocycles. The van der Waals surface area contributed by atoms with Crippen molar-refractivity contribution in [3.63, 3.8) is 0 Å². The van der Waals surface area contributed by atoms with E-state index in [1.165, 1.54) is 12.8 Å². The van der Waals surface area contributed by atoms with E-state index in [0.29, 0.717) is 24.6 Å². The molecular weight excluding hydrogens is 374 g/mol. The summed E-state index contributed by atoms with van der Waals surface area (Å²) in [5.41, 5.74) is 3.72. The van der Waals surface area contributed by atoms with Gasteiger partial charge in [-0.3, -0.25) is 9.69 Å². The van der Waals surface area contributed by atoms with Gasteiger partial charge < -0.3 is 10.6 Å². The van der Waals surface area contributed by atoms with Crippen LogP contribution in [0.25, 0.3) is 11.1 Å². The zero-order valence-corrected chi connectivity index (χ0v) is 16.8. The summed E-state index contributed by atoms with van der Waals surface area (Å²) >= 11 is 0. The van der Waals surface area contributed by atoms with Gasteiger partial charge in [0, 0.05) is 25.6 Å². The Hall–Kier alpha value is -3.19. The molecule has 4 rings (SSSR count). The maximum absolute atomic E-state index is 12.7. The van der Waals surface area contributed by atoms with E-state index < -0.39 is 6.04 Å². The average molecular weight is 399 g/mol. The van der Waals surface area contributed by atoms with Crippen LogP contribution in [-0.4, -0.2) is 48.6 Å². The SMILES string of the molecule is N#Cc1ccc(-c2ccc(C[C@@H](C#N)NC(=O)[C@H]3CN4CCC[C@H]4CN3)cc2)cc1. The second-order valence-electron chi connectivity index (χ2n) is 8.03. The third-order valence-corrected chi connectivity index (χ3v) is 6.05. The summed E-state index contributed by atoms with van der Waals surface area (Å²) in [6.45, 7) is 2.61. The Labute approximate surface area is 177 Å². The fraction of sp³-hybridized carbons (Fsp3) is 0.375. The molecule has 0 aliphatic carbocycles. The summed E-state index contributed by atoms with van der Waals surface area (Å²) in [6.07, 6.45) is 2.86. The Balaban J connectivity index is 1.34. The van der Waals surface area contributed by atoms with Gasteiger partial charge >= 0.3 is 0 Å². The van der Waals surface area contributed by atoms with Crippen LogP contribution in [-0.2, 0) is 11.2 Å². The molecule has 30 heavy (non-hydrogen) atoms. The van der Waals surface area contributed by atoms with E-state index in [2.05, 4.69) is 27.7 Å². The molecule has 6 heteroatoms. The van der Waals surface area contributed by atoms with E-state index >= 15 is 0 Å². The maximum Gasteiger partial charge on any atom is 0.239 e. The van der Waals surface area contributed by atoms with E-state index in [-0.39, 0.29) is 11.9 Å². The molecule has 2 fully saturated rings. The van der Waals surface area contributed by atoms with Gasteiger partial charge in [-0.1, -0.05) is 36.4 Å². The molecule has 2 aliphatic rings. The van der Waals surface area contributed by atoms with Crippen LogP contribution in [0, 0.1) is 22.7 Å². The Morgan fingerprint density at radius 1 is 1.13 bits per heavy atom. The molecule has 152 valence electrons. The summed E-state index contributed by atoms with van der Waals surface area (Å²) in [4.78, 5) is 15.0. The zero-order valence-electron chi connectivity index (χ0n) is 16.8. The Bertz CT molecular complexity index is 971. The van der Waals surface area contributed by atoms with Crippen molar-refractivity contribution in [1.29, 1.82) is 10.5 Å². The third kappa shape index (κ3) is 4.52. The largest absolute Gasteiger partial charge is 0.339 e. The van der Waals surface area contributed by atoms with Crippen LogP contribution in [0.1, 0.15) is 24.0 Å². The lowest BCUT2D eigenvalue weighted by molar-refractivity contribution is -0.124. The summed E-state index contributed by atoms with van der Waals surface area (Å²) in [5, 5.41) is 24.7. The van der Waals surface area contributed by atoms with Crippen molar-refractivity contribution in [2.75, 3.05) is 19.6 Å². The number of piperazine rings is 1. The molecule has 0 spiro atoms. The number of hydrogen-bond acceptors (Lipinski definition) is 5. The first-order valence-electron chi connectivity index (χ1n) is 10.4. The summed E-state index contributed by atoms with van der Waals surface area (Å²) in [7, 11) is 0. The summed E-state index contributed by atoms with van der Waals surface area (Å²) in [6, 6.07) is 19.5. The van der Waals surface area contributed by atoms with Crippen LogP contribution in [0.2, 0.25) is 0 Å². The van der Waals surface area contributed by atoms with Crippen molar-refractivity contribution in [1.82, 2.24) is 15.5 Å². The molecule has 2 heterocycles. The van der Waals surface area contributed by atoms with Gasteiger partial charge in [0.2, 0.25) is 5.91 Å².